The van der Waals surface area contributed by atoms with Crippen molar-refractivity contribution in [1.82, 2.24) is 15.5 Å². The fraction of sp³-hybridized carbons (Fsp3) is 0.650. The van der Waals surface area contributed by atoms with E-state index in [2.05, 4.69) is 65.6 Å². The van der Waals surface area contributed by atoms with Gasteiger partial charge < -0.3 is 20.1 Å². The third-order valence-corrected chi connectivity index (χ3v) is 4.17. The van der Waals surface area contributed by atoms with Crippen molar-refractivity contribution in [3.63, 3.8) is 0 Å². The normalized spacial score (nSPS) is 16.5. The molecular weight excluding hydrogens is 328 g/mol. The van der Waals surface area contributed by atoms with E-state index in [1.807, 2.05) is 0 Å². The van der Waals surface area contributed by atoms with Crippen LogP contribution in [-0.2, 0) is 22.6 Å². The lowest BCUT2D eigenvalue weighted by molar-refractivity contribution is -0.0149. The Morgan fingerprint density at radius 1 is 1.19 bits per heavy atom. The van der Waals surface area contributed by atoms with Gasteiger partial charge in [0.1, 0.15) is 0 Å². The molecular formula is C20H34N4O2. The molecule has 0 amide bonds. The Hall–Kier alpha value is -1.63. The highest BCUT2D eigenvalue weighted by molar-refractivity contribution is 5.79. The maximum atomic E-state index is 5.86. The minimum atomic E-state index is -0.124. The largest absolute Gasteiger partial charge is 0.379 e. The fourth-order valence-electron chi connectivity index (χ4n) is 2.69. The number of rotatable bonds is 7. The fourth-order valence-corrected chi connectivity index (χ4v) is 2.69. The van der Waals surface area contributed by atoms with Crippen LogP contribution in [0.3, 0.4) is 0 Å². The molecule has 0 atom stereocenters. The Labute approximate surface area is 158 Å². The van der Waals surface area contributed by atoms with Gasteiger partial charge in [-0.1, -0.05) is 24.3 Å². The highest BCUT2D eigenvalue weighted by atomic mass is 16.5. The molecule has 26 heavy (non-hydrogen) atoms. The Kier molecular flexibility index (Phi) is 8.35. The molecule has 146 valence electrons. The molecule has 0 saturated carbocycles. The molecule has 2 N–H and O–H groups in total. The Morgan fingerprint density at radius 3 is 2.62 bits per heavy atom. The molecule has 6 heteroatoms. The molecule has 0 aromatic heterocycles. The summed E-state index contributed by atoms with van der Waals surface area (Å²) in [7, 11) is 1.80. The van der Waals surface area contributed by atoms with E-state index in [1.54, 1.807) is 7.05 Å². The summed E-state index contributed by atoms with van der Waals surface area (Å²) in [6.45, 7) is 13.2. The van der Waals surface area contributed by atoms with E-state index in [0.717, 1.165) is 51.9 Å². The van der Waals surface area contributed by atoms with Gasteiger partial charge in [0.2, 0.25) is 0 Å². The standard InChI is InChI=1S/C20H34N4O2/c1-20(2,3)26-16-18-7-5-6-17(14-18)15-23-19(21-4)22-8-9-24-10-12-25-13-11-24/h5-7,14H,8-13,15-16H2,1-4H3,(H2,21,22,23). The molecule has 1 fully saturated rings. The van der Waals surface area contributed by atoms with E-state index in [4.69, 9.17) is 9.47 Å². The van der Waals surface area contributed by atoms with Crippen molar-refractivity contribution in [3.05, 3.63) is 35.4 Å². The number of ether oxygens (including phenoxy) is 2. The monoisotopic (exact) mass is 362 g/mol. The van der Waals surface area contributed by atoms with Gasteiger partial charge in [0.15, 0.2) is 5.96 Å². The van der Waals surface area contributed by atoms with E-state index in [0.29, 0.717) is 6.61 Å². The van der Waals surface area contributed by atoms with Crippen molar-refractivity contribution >= 4 is 5.96 Å². The SMILES string of the molecule is CN=C(NCCN1CCOCC1)NCc1cccc(COC(C)(C)C)c1. The molecule has 1 aliphatic heterocycles. The maximum absolute atomic E-state index is 5.86. The number of hydrogen-bond donors (Lipinski definition) is 2. The minimum Gasteiger partial charge on any atom is -0.379 e. The first-order chi connectivity index (χ1) is 12.5. The van der Waals surface area contributed by atoms with Crippen LogP contribution in [0.1, 0.15) is 31.9 Å². The molecule has 0 unspecified atom stereocenters. The van der Waals surface area contributed by atoms with Crippen molar-refractivity contribution in [2.75, 3.05) is 46.4 Å². The van der Waals surface area contributed by atoms with Crippen LogP contribution in [0.15, 0.2) is 29.3 Å². The number of nitrogens with one attached hydrogen (secondary N) is 2. The predicted octanol–water partition coefficient (Wildman–Crippen LogP) is 2.00. The van der Waals surface area contributed by atoms with Gasteiger partial charge in [-0.15, -0.1) is 0 Å². The van der Waals surface area contributed by atoms with Crippen molar-refractivity contribution in [3.8, 4) is 0 Å². The predicted molar refractivity (Wildman–Crippen MR) is 106 cm³/mol. The van der Waals surface area contributed by atoms with Crippen LogP contribution in [-0.4, -0.2) is 62.9 Å². The first kappa shape index (κ1) is 20.7. The van der Waals surface area contributed by atoms with Gasteiger partial charge in [-0.3, -0.25) is 9.89 Å². The zero-order valence-electron chi connectivity index (χ0n) is 16.7. The lowest BCUT2D eigenvalue weighted by Gasteiger charge is -2.26. The van der Waals surface area contributed by atoms with Gasteiger partial charge in [-0.25, -0.2) is 0 Å². The number of nitrogens with zero attached hydrogens (tertiary/aromatic N) is 2. The summed E-state index contributed by atoms with van der Waals surface area (Å²) in [6, 6.07) is 8.48. The number of morpholine rings is 1. The second-order valence-electron chi connectivity index (χ2n) is 7.53. The number of benzene rings is 1. The molecule has 1 heterocycles. The lowest BCUT2D eigenvalue weighted by atomic mass is 10.1. The number of hydrogen-bond acceptors (Lipinski definition) is 4. The summed E-state index contributed by atoms with van der Waals surface area (Å²) >= 11 is 0. The third-order valence-electron chi connectivity index (χ3n) is 4.17. The minimum absolute atomic E-state index is 0.124. The maximum Gasteiger partial charge on any atom is 0.191 e. The third kappa shape index (κ3) is 8.17. The number of guanidine groups is 1. The summed E-state index contributed by atoms with van der Waals surface area (Å²) in [5.74, 6) is 0.828. The van der Waals surface area contributed by atoms with Crippen LogP contribution in [0.4, 0.5) is 0 Å². The second-order valence-corrected chi connectivity index (χ2v) is 7.53. The molecule has 6 nitrogen and oxygen atoms in total. The summed E-state index contributed by atoms with van der Waals surface area (Å²) in [4.78, 5) is 6.71. The highest BCUT2D eigenvalue weighted by Crippen LogP contribution is 2.13. The summed E-state index contributed by atoms with van der Waals surface area (Å²) in [5.41, 5.74) is 2.28. The lowest BCUT2D eigenvalue weighted by Crippen LogP contribution is -2.44. The summed E-state index contributed by atoms with van der Waals surface area (Å²) in [5, 5.41) is 6.76. The quantitative estimate of drug-likeness (QED) is 0.574. The molecule has 0 aliphatic carbocycles. The van der Waals surface area contributed by atoms with Crippen LogP contribution >= 0.6 is 0 Å². The zero-order chi connectivity index (χ0) is 18.8. The van der Waals surface area contributed by atoms with Gasteiger partial charge in [0, 0.05) is 39.8 Å². The van der Waals surface area contributed by atoms with E-state index >= 15 is 0 Å². The average molecular weight is 363 g/mol. The molecule has 1 aromatic rings. The highest BCUT2D eigenvalue weighted by Gasteiger charge is 2.11. The average Bonchev–Trinajstić information content (AvgIpc) is 2.63. The van der Waals surface area contributed by atoms with Gasteiger partial charge in [0.25, 0.3) is 0 Å². The van der Waals surface area contributed by atoms with Crippen LogP contribution in [0.5, 0.6) is 0 Å². The molecule has 0 spiro atoms. The van der Waals surface area contributed by atoms with Crippen LogP contribution in [0.2, 0.25) is 0 Å². The molecule has 2 rings (SSSR count). The van der Waals surface area contributed by atoms with Crippen LogP contribution in [0.25, 0.3) is 0 Å². The topological polar surface area (TPSA) is 58.1 Å². The molecule has 1 aromatic carbocycles. The van der Waals surface area contributed by atoms with Crippen molar-refractivity contribution < 1.29 is 9.47 Å². The van der Waals surface area contributed by atoms with Crippen LogP contribution < -0.4 is 10.6 Å². The van der Waals surface area contributed by atoms with E-state index < -0.39 is 0 Å². The molecule has 1 aliphatic rings. The van der Waals surface area contributed by atoms with Gasteiger partial charge in [0.05, 0.1) is 25.4 Å². The van der Waals surface area contributed by atoms with Crippen molar-refractivity contribution in [2.45, 2.75) is 39.5 Å². The van der Waals surface area contributed by atoms with Crippen molar-refractivity contribution in [2.24, 2.45) is 4.99 Å². The molecule has 0 radical (unpaired) electrons. The summed E-state index contributed by atoms with van der Waals surface area (Å²) < 4.78 is 11.2. The van der Waals surface area contributed by atoms with Crippen molar-refractivity contribution in [1.29, 1.82) is 0 Å². The van der Waals surface area contributed by atoms with E-state index in [1.165, 1.54) is 11.1 Å². The van der Waals surface area contributed by atoms with Crippen LogP contribution in [0, 0.1) is 0 Å². The molecule has 1 saturated heterocycles. The summed E-state index contributed by atoms with van der Waals surface area (Å²) in [6.07, 6.45) is 0. The van der Waals surface area contributed by atoms with E-state index in [-0.39, 0.29) is 5.60 Å². The Morgan fingerprint density at radius 2 is 1.92 bits per heavy atom. The number of aliphatic imine (C=N–C) groups is 1. The van der Waals surface area contributed by atoms with Gasteiger partial charge >= 0.3 is 0 Å². The van der Waals surface area contributed by atoms with Gasteiger partial charge in [-0.05, 0) is 31.9 Å². The molecule has 0 bridgehead atoms. The Bertz CT molecular complexity index is 563. The first-order valence-electron chi connectivity index (χ1n) is 9.43. The first-order valence-corrected chi connectivity index (χ1v) is 9.43. The smallest absolute Gasteiger partial charge is 0.191 e. The van der Waals surface area contributed by atoms with E-state index in [9.17, 15) is 0 Å². The zero-order valence-corrected chi connectivity index (χ0v) is 16.7. The van der Waals surface area contributed by atoms with Gasteiger partial charge in [-0.2, -0.15) is 0 Å². The second kappa shape index (κ2) is 10.5. The Balaban J connectivity index is 1.73.